The van der Waals surface area contributed by atoms with E-state index in [2.05, 4.69) is 10.4 Å². The van der Waals surface area contributed by atoms with Gasteiger partial charge in [0.1, 0.15) is 11.2 Å². The number of carboxylic acids is 1. The van der Waals surface area contributed by atoms with Crippen molar-refractivity contribution in [3.63, 3.8) is 0 Å². The summed E-state index contributed by atoms with van der Waals surface area (Å²) in [5.74, 6) is -0.876. The molecule has 1 aromatic heterocycles. The van der Waals surface area contributed by atoms with Gasteiger partial charge in [0.05, 0.1) is 5.69 Å². The number of carboxylic acid groups (broad SMARTS) is 1. The quantitative estimate of drug-likeness (QED) is 0.809. The maximum atomic E-state index is 12.0. The third kappa shape index (κ3) is 3.01. The number of aromatic nitrogens is 2. The highest BCUT2D eigenvalue weighted by molar-refractivity contribution is 5.88. The number of carbonyl (C=O) groups is 2. The fourth-order valence-electron chi connectivity index (χ4n) is 2.42. The molecule has 1 saturated carbocycles. The Balaban J connectivity index is 1.97. The smallest absolute Gasteiger partial charge is 0.329 e. The predicted octanol–water partition coefficient (Wildman–Crippen LogP) is 0.785. The zero-order valence-corrected chi connectivity index (χ0v) is 12.8. The molecule has 1 amide bonds. The second kappa shape index (κ2) is 5.38. The number of hydrogen-bond acceptors (Lipinski definition) is 4. The molecule has 1 aliphatic carbocycles. The Kier molecular flexibility index (Phi) is 3.93. The van der Waals surface area contributed by atoms with Gasteiger partial charge in [-0.2, -0.15) is 5.10 Å². The number of aryl methyl sites for hydroxylation is 2. The molecular formula is C14H21N3O4. The number of carbonyl (C=O) groups excluding carboxylic acids is 1. The van der Waals surface area contributed by atoms with Crippen molar-refractivity contribution in [1.29, 1.82) is 0 Å². The zero-order valence-electron chi connectivity index (χ0n) is 12.8. The Hall–Kier alpha value is -2.05. The molecule has 0 saturated heterocycles. The topological polar surface area (TPSA) is 93.5 Å². The largest absolute Gasteiger partial charge is 0.480 e. The number of aliphatic carboxylic acids is 1. The lowest BCUT2D eigenvalue weighted by atomic mass is 9.96. The molecule has 2 N–H and O–H groups in total. The van der Waals surface area contributed by atoms with Crippen LogP contribution in [-0.2, 0) is 16.6 Å². The van der Waals surface area contributed by atoms with Crippen molar-refractivity contribution < 1.29 is 19.4 Å². The zero-order chi connectivity index (χ0) is 15.8. The Morgan fingerprint density at radius 3 is 2.52 bits per heavy atom. The van der Waals surface area contributed by atoms with Gasteiger partial charge in [-0.15, -0.1) is 0 Å². The molecule has 7 heteroatoms. The summed E-state index contributed by atoms with van der Waals surface area (Å²) in [6.07, 6.45) is 1.65. The van der Waals surface area contributed by atoms with Gasteiger partial charge in [0.25, 0.3) is 5.91 Å². The Morgan fingerprint density at radius 2 is 2.10 bits per heavy atom. The molecule has 0 spiro atoms. The van der Waals surface area contributed by atoms with E-state index < -0.39 is 17.4 Å². The minimum Gasteiger partial charge on any atom is -0.480 e. The average Bonchev–Trinajstić information content (AvgIpc) is 3.19. The minimum absolute atomic E-state index is 0.000754. The van der Waals surface area contributed by atoms with Crippen LogP contribution >= 0.6 is 0 Å². The maximum absolute atomic E-state index is 12.0. The van der Waals surface area contributed by atoms with Crippen LogP contribution in [0.4, 0.5) is 0 Å². The van der Waals surface area contributed by atoms with Gasteiger partial charge >= 0.3 is 5.97 Å². The van der Waals surface area contributed by atoms with Crippen molar-refractivity contribution in [1.82, 2.24) is 15.1 Å². The predicted molar refractivity (Wildman–Crippen MR) is 75.1 cm³/mol. The molecule has 21 heavy (non-hydrogen) atoms. The fourth-order valence-corrected chi connectivity index (χ4v) is 2.42. The number of nitrogens with one attached hydrogen (secondary N) is 1. The highest BCUT2D eigenvalue weighted by Gasteiger charge is 2.48. The number of nitrogens with zero attached hydrogens (tertiary/aromatic N) is 2. The first-order valence-corrected chi connectivity index (χ1v) is 6.93. The highest BCUT2D eigenvalue weighted by Crippen LogP contribution is 2.39. The lowest BCUT2D eigenvalue weighted by Gasteiger charge is -2.26. The summed E-state index contributed by atoms with van der Waals surface area (Å²) < 4.78 is 7.16. The van der Waals surface area contributed by atoms with Gasteiger partial charge in [-0.1, -0.05) is 0 Å². The van der Waals surface area contributed by atoms with Gasteiger partial charge in [0, 0.05) is 7.05 Å². The fraction of sp³-hybridized carbons (Fsp3) is 0.643. The lowest BCUT2D eigenvalue weighted by Crippen LogP contribution is -2.55. The molecule has 1 aliphatic rings. The first-order chi connectivity index (χ1) is 9.75. The normalized spacial score (nSPS) is 17.1. The van der Waals surface area contributed by atoms with Crippen molar-refractivity contribution in [2.75, 3.05) is 6.61 Å². The van der Waals surface area contributed by atoms with Gasteiger partial charge in [-0.05, 0) is 39.5 Å². The van der Waals surface area contributed by atoms with E-state index in [-0.39, 0.29) is 12.5 Å². The summed E-state index contributed by atoms with van der Waals surface area (Å²) in [6, 6.07) is 0. The maximum Gasteiger partial charge on any atom is 0.329 e. The Morgan fingerprint density at radius 1 is 1.48 bits per heavy atom. The Bertz CT molecular complexity index is 577. The van der Waals surface area contributed by atoms with E-state index in [9.17, 15) is 14.7 Å². The molecule has 1 fully saturated rings. The van der Waals surface area contributed by atoms with Crippen LogP contribution in [0.25, 0.3) is 0 Å². The van der Waals surface area contributed by atoms with Crippen molar-refractivity contribution in [2.24, 2.45) is 13.0 Å². The van der Waals surface area contributed by atoms with E-state index in [1.165, 1.54) is 0 Å². The van der Waals surface area contributed by atoms with Crippen LogP contribution < -0.4 is 10.1 Å². The second-order valence-corrected chi connectivity index (χ2v) is 5.74. The molecule has 1 atom stereocenters. The van der Waals surface area contributed by atoms with E-state index in [0.717, 1.165) is 18.5 Å². The standard InChI is InChI=1S/C14H21N3O4/c1-8-12(9(2)17(4)16-8)21-7-11(18)15-14(3,13(19)20)10-5-6-10/h10H,5-7H2,1-4H3,(H,15,18)(H,19,20)/t14-/m1/s1. The van der Waals surface area contributed by atoms with Gasteiger partial charge in [-0.3, -0.25) is 9.48 Å². The van der Waals surface area contributed by atoms with Crippen molar-refractivity contribution in [3.8, 4) is 5.75 Å². The number of hydrogen-bond donors (Lipinski definition) is 2. The molecule has 0 aliphatic heterocycles. The third-order valence-electron chi connectivity index (χ3n) is 4.03. The number of ether oxygens (including phenoxy) is 1. The van der Waals surface area contributed by atoms with Crippen molar-refractivity contribution in [3.05, 3.63) is 11.4 Å². The van der Waals surface area contributed by atoms with Crippen molar-refractivity contribution in [2.45, 2.75) is 39.2 Å². The van der Waals surface area contributed by atoms with Gasteiger partial charge in [0.15, 0.2) is 12.4 Å². The third-order valence-corrected chi connectivity index (χ3v) is 4.03. The molecule has 0 aromatic carbocycles. The molecule has 0 unspecified atom stereocenters. The van der Waals surface area contributed by atoms with Crippen LogP contribution in [0.3, 0.4) is 0 Å². The van der Waals surface area contributed by atoms with Crippen LogP contribution in [0, 0.1) is 19.8 Å². The molecule has 116 valence electrons. The summed E-state index contributed by atoms with van der Waals surface area (Å²) in [6.45, 7) is 4.97. The van der Waals surface area contributed by atoms with E-state index >= 15 is 0 Å². The van der Waals surface area contributed by atoms with Crippen LogP contribution in [0.15, 0.2) is 0 Å². The minimum atomic E-state index is -1.21. The summed E-state index contributed by atoms with van der Waals surface area (Å²) in [5, 5.41) is 16.1. The van der Waals surface area contributed by atoms with Crippen LogP contribution in [0.2, 0.25) is 0 Å². The average molecular weight is 295 g/mol. The van der Waals surface area contributed by atoms with Gasteiger partial charge in [0.2, 0.25) is 0 Å². The monoisotopic (exact) mass is 295 g/mol. The van der Waals surface area contributed by atoms with Crippen LogP contribution in [0.5, 0.6) is 5.75 Å². The summed E-state index contributed by atoms with van der Waals surface area (Å²) in [5.41, 5.74) is 0.314. The molecule has 1 aromatic rings. The highest BCUT2D eigenvalue weighted by atomic mass is 16.5. The summed E-state index contributed by atoms with van der Waals surface area (Å²) >= 11 is 0. The Labute approximate surface area is 123 Å². The molecular weight excluding hydrogens is 274 g/mol. The van der Waals surface area contributed by atoms with E-state index in [1.54, 1.807) is 25.6 Å². The molecule has 0 bridgehead atoms. The van der Waals surface area contributed by atoms with Gasteiger partial charge in [-0.25, -0.2) is 4.79 Å². The van der Waals surface area contributed by atoms with E-state index in [4.69, 9.17) is 4.74 Å². The number of rotatable bonds is 6. The number of amides is 1. The summed E-state index contributed by atoms with van der Waals surface area (Å²) in [4.78, 5) is 23.3. The lowest BCUT2D eigenvalue weighted by molar-refractivity contribution is -0.148. The SMILES string of the molecule is Cc1nn(C)c(C)c1OCC(=O)N[C@@](C)(C(=O)O)C1CC1. The first kappa shape index (κ1) is 15.3. The second-order valence-electron chi connectivity index (χ2n) is 5.74. The van der Waals surface area contributed by atoms with E-state index in [1.807, 2.05) is 6.92 Å². The van der Waals surface area contributed by atoms with Crippen LogP contribution in [-0.4, -0.2) is 38.9 Å². The molecule has 2 rings (SSSR count). The van der Waals surface area contributed by atoms with E-state index in [0.29, 0.717) is 11.4 Å². The van der Waals surface area contributed by atoms with Crippen molar-refractivity contribution >= 4 is 11.9 Å². The first-order valence-electron chi connectivity index (χ1n) is 6.93. The molecule has 1 heterocycles. The van der Waals surface area contributed by atoms with Crippen LogP contribution in [0.1, 0.15) is 31.2 Å². The van der Waals surface area contributed by atoms with Gasteiger partial charge < -0.3 is 15.2 Å². The molecule has 0 radical (unpaired) electrons. The molecule has 7 nitrogen and oxygen atoms in total. The summed E-state index contributed by atoms with van der Waals surface area (Å²) in [7, 11) is 1.80.